The Morgan fingerprint density at radius 3 is 2.59 bits per heavy atom. The van der Waals surface area contributed by atoms with Crippen LogP contribution in [0.2, 0.25) is 0 Å². The molecule has 1 unspecified atom stereocenters. The van der Waals surface area contributed by atoms with E-state index in [4.69, 9.17) is 5.11 Å². The van der Waals surface area contributed by atoms with Gasteiger partial charge in [-0.2, -0.15) is 0 Å². The van der Waals surface area contributed by atoms with Crippen LogP contribution in [-0.2, 0) is 9.59 Å². The number of nitrogens with zero attached hydrogens (tertiary/aromatic N) is 2. The summed E-state index contributed by atoms with van der Waals surface area (Å²) in [4.78, 5) is 42.3. The summed E-state index contributed by atoms with van der Waals surface area (Å²) < 4.78 is 0. The van der Waals surface area contributed by atoms with Crippen LogP contribution in [0.1, 0.15) is 17.4 Å². The van der Waals surface area contributed by atoms with E-state index in [1.54, 1.807) is 18.2 Å². The lowest BCUT2D eigenvalue weighted by Crippen LogP contribution is -2.46. The minimum atomic E-state index is -1.16. The van der Waals surface area contributed by atoms with E-state index >= 15 is 0 Å². The zero-order valence-electron chi connectivity index (χ0n) is 11.7. The zero-order valence-corrected chi connectivity index (χ0v) is 11.7. The standard InChI is InChI=1S/C14H14N4O4/c1-8(13(21)16-7-12(19)20)17-14(22)11-6-15-9-4-2-3-5-10(9)18-11/h2-6,8H,7H2,1H3,(H,16,21)(H,17,22)(H,19,20). The number of rotatable bonds is 5. The third kappa shape index (κ3) is 3.75. The van der Waals surface area contributed by atoms with Gasteiger partial charge in [-0.3, -0.25) is 19.4 Å². The second-order valence-electron chi connectivity index (χ2n) is 4.55. The first-order valence-corrected chi connectivity index (χ1v) is 6.49. The molecule has 114 valence electrons. The third-order valence-electron chi connectivity index (χ3n) is 2.84. The highest BCUT2D eigenvalue weighted by Gasteiger charge is 2.18. The minimum Gasteiger partial charge on any atom is -0.480 e. The van der Waals surface area contributed by atoms with Crippen LogP contribution in [-0.4, -0.2) is 45.4 Å². The van der Waals surface area contributed by atoms with Gasteiger partial charge >= 0.3 is 5.97 Å². The molecule has 0 aliphatic carbocycles. The van der Waals surface area contributed by atoms with E-state index in [9.17, 15) is 14.4 Å². The Labute approximate surface area is 125 Å². The second-order valence-corrected chi connectivity index (χ2v) is 4.55. The lowest BCUT2D eigenvalue weighted by molar-refractivity contribution is -0.138. The maximum absolute atomic E-state index is 12.0. The van der Waals surface area contributed by atoms with Gasteiger partial charge in [-0.1, -0.05) is 12.1 Å². The SMILES string of the molecule is CC(NC(=O)c1cnc2ccccc2n1)C(=O)NCC(=O)O. The number of amides is 2. The van der Waals surface area contributed by atoms with Crippen molar-refractivity contribution >= 4 is 28.8 Å². The van der Waals surface area contributed by atoms with Crippen LogP contribution in [0.5, 0.6) is 0 Å². The first kappa shape index (κ1) is 15.4. The van der Waals surface area contributed by atoms with Gasteiger partial charge in [0.1, 0.15) is 18.3 Å². The van der Waals surface area contributed by atoms with Crippen LogP contribution in [0, 0.1) is 0 Å². The number of carboxylic acid groups (broad SMARTS) is 1. The molecule has 0 bridgehead atoms. The molecule has 2 rings (SSSR count). The monoisotopic (exact) mass is 302 g/mol. The number of para-hydroxylation sites is 2. The number of fused-ring (bicyclic) bond motifs is 1. The summed E-state index contributed by atoms with van der Waals surface area (Å²) in [5.41, 5.74) is 1.31. The van der Waals surface area contributed by atoms with Crippen LogP contribution in [0.4, 0.5) is 0 Å². The summed E-state index contributed by atoms with van der Waals surface area (Å²) >= 11 is 0. The number of benzene rings is 1. The van der Waals surface area contributed by atoms with Gasteiger partial charge in [-0.25, -0.2) is 4.98 Å². The second kappa shape index (κ2) is 6.61. The summed E-state index contributed by atoms with van der Waals surface area (Å²) in [5, 5.41) is 13.1. The Morgan fingerprint density at radius 2 is 1.91 bits per heavy atom. The summed E-state index contributed by atoms with van der Waals surface area (Å²) in [6.07, 6.45) is 1.32. The molecule has 0 saturated carbocycles. The van der Waals surface area contributed by atoms with Gasteiger partial charge in [0.2, 0.25) is 5.91 Å². The fraction of sp³-hybridized carbons (Fsp3) is 0.214. The van der Waals surface area contributed by atoms with Crippen molar-refractivity contribution in [2.45, 2.75) is 13.0 Å². The Bertz CT molecular complexity index is 732. The Balaban J connectivity index is 2.03. The van der Waals surface area contributed by atoms with Gasteiger partial charge in [-0.15, -0.1) is 0 Å². The molecule has 1 heterocycles. The summed E-state index contributed by atoms with van der Waals surface area (Å²) in [5.74, 6) is -2.31. The van der Waals surface area contributed by atoms with E-state index in [0.717, 1.165) is 0 Å². The molecule has 8 nitrogen and oxygen atoms in total. The molecule has 0 radical (unpaired) electrons. The number of nitrogens with one attached hydrogen (secondary N) is 2. The van der Waals surface area contributed by atoms with E-state index in [-0.39, 0.29) is 5.69 Å². The number of hydrogen-bond donors (Lipinski definition) is 3. The van der Waals surface area contributed by atoms with E-state index in [0.29, 0.717) is 11.0 Å². The van der Waals surface area contributed by atoms with Crippen LogP contribution >= 0.6 is 0 Å². The smallest absolute Gasteiger partial charge is 0.322 e. The van der Waals surface area contributed by atoms with E-state index in [1.165, 1.54) is 13.1 Å². The van der Waals surface area contributed by atoms with Crippen LogP contribution in [0.3, 0.4) is 0 Å². The van der Waals surface area contributed by atoms with Crippen LogP contribution in [0.15, 0.2) is 30.5 Å². The topological polar surface area (TPSA) is 121 Å². The van der Waals surface area contributed by atoms with Gasteiger partial charge in [0.05, 0.1) is 17.2 Å². The predicted octanol–water partition coefficient (Wildman–Crippen LogP) is -0.0511. The highest BCUT2D eigenvalue weighted by Crippen LogP contribution is 2.08. The molecule has 2 amide bonds. The number of carbonyl (C=O) groups is 3. The van der Waals surface area contributed by atoms with Gasteiger partial charge < -0.3 is 15.7 Å². The largest absolute Gasteiger partial charge is 0.480 e. The highest BCUT2D eigenvalue weighted by atomic mass is 16.4. The molecular weight excluding hydrogens is 288 g/mol. The van der Waals surface area contributed by atoms with E-state index < -0.39 is 30.4 Å². The van der Waals surface area contributed by atoms with Crippen molar-refractivity contribution in [3.05, 3.63) is 36.2 Å². The maximum atomic E-state index is 12.0. The van der Waals surface area contributed by atoms with Crippen molar-refractivity contribution in [2.75, 3.05) is 6.54 Å². The molecule has 0 spiro atoms. The average Bonchev–Trinajstić information content (AvgIpc) is 2.51. The fourth-order valence-electron chi connectivity index (χ4n) is 1.72. The lowest BCUT2D eigenvalue weighted by atomic mass is 10.2. The van der Waals surface area contributed by atoms with Crippen LogP contribution in [0.25, 0.3) is 11.0 Å². The number of hydrogen-bond acceptors (Lipinski definition) is 5. The molecule has 0 aliphatic rings. The summed E-state index contributed by atoms with van der Waals surface area (Å²) in [7, 11) is 0. The Morgan fingerprint density at radius 1 is 1.23 bits per heavy atom. The molecule has 8 heteroatoms. The van der Waals surface area contributed by atoms with Gasteiger partial charge in [-0.05, 0) is 19.1 Å². The van der Waals surface area contributed by atoms with Gasteiger partial charge in [0, 0.05) is 0 Å². The van der Waals surface area contributed by atoms with E-state index in [2.05, 4.69) is 20.6 Å². The molecule has 1 atom stereocenters. The zero-order chi connectivity index (χ0) is 16.1. The number of aliphatic carboxylic acids is 1. The fourth-order valence-corrected chi connectivity index (χ4v) is 1.72. The molecule has 0 aliphatic heterocycles. The van der Waals surface area contributed by atoms with Crippen molar-refractivity contribution in [1.82, 2.24) is 20.6 Å². The quantitative estimate of drug-likeness (QED) is 0.712. The summed E-state index contributed by atoms with van der Waals surface area (Å²) in [6, 6.07) is 6.19. The Kier molecular flexibility index (Phi) is 4.62. The highest BCUT2D eigenvalue weighted by molar-refractivity contribution is 5.97. The van der Waals surface area contributed by atoms with Crippen LogP contribution < -0.4 is 10.6 Å². The molecule has 2 aromatic rings. The molecule has 0 fully saturated rings. The van der Waals surface area contributed by atoms with Crippen molar-refractivity contribution < 1.29 is 19.5 Å². The minimum absolute atomic E-state index is 0.0802. The molecule has 0 saturated heterocycles. The Hall–Kier alpha value is -3.03. The van der Waals surface area contributed by atoms with Crippen molar-refractivity contribution in [3.8, 4) is 0 Å². The number of aromatic nitrogens is 2. The van der Waals surface area contributed by atoms with E-state index in [1.807, 2.05) is 6.07 Å². The first-order chi connectivity index (χ1) is 10.5. The lowest BCUT2D eigenvalue weighted by Gasteiger charge is -2.12. The maximum Gasteiger partial charge on any atom is 0.322 e. The van der Waals surface area contributed by atoms with Gasteiger partial charge in [0.15, 0.2) is 0 Å². The van der Waals surface area contributed by atoms with Crippen molar-refractivity contribution in [2.24, 2.45) is 0 Å². The summed E-state index contributed by atoms with van der Waals surface area (Å²) in [6.45, 7) is 0.943. The molecule has 22 heavy (non-hydrogen) atoms. The third-order valence-corrected chi connectivity index (χ3v) is 2.84. The molecule has 1 aromatic carbocycles. The number of carbonyl (C=O) groups excluding carboxylic acids is 2. The predicted molar refractivity (Wildman–Crippen MR) is 77.1 cm³/mol. The molecular formula is C14H14N4O4. The van der Waals surface area contributed by atoms with Crippen molar-refractivity contribution in [1.29, 1.82) is 0 Å². The van der Waals surface area contributed by atoms with Crippen molar-refractivity contribution in [3.63, 3.8) is 0 Å². The molecule has 1 aromatic heterocycles. The average molecular weight is 302 g/mol. The number of carboxylic acids is 1. The normalized spacial score (nSPS) is 11.7. The molecule has 3 N–H and O–H groups in total. The first-order valence-electron chi connectivity index (χ1n) is 6.49. The van der Waals surface area contributed by atoms with Gasteiger partial charge in [0.25, 0.3) is 5.91 Å².